The van der Waals surface area contributed by atoms with Crippen LogP contribution in [-0.4, -0.2) is 52.2 Å². The van der Waals surface area contributed by atoms with E-state index in [-0.39, 0.29) is 12.5 Å². The van der Waals surface area contributed by atoms with Crippen molar-refractivity contribution in [3.8, 4) is 5.75 Å². The van der Waals surface area contributed by atoms with Crippen molar-refractivity contribution in [1.82, 2.24) is 4.90 Å². The second-order valence-electron chi connectivity index (χ2n) is 5.92. The lowest BCUT2D eigenvalue weighted by Gasteiger charge is -2.28. The predicted molar refractivity (Wildman–Crippen MR) is 102 cm³/mol. The number of ether oxygens (including phenoxy) is 1. The molecule has 0 radical (unpaired) electrons. The van der Waals surface area contributed by atoms with Crippen LogP contribution in [-0.2, 0) is 14.8 Å². The van der Waals surface area contributed by atoms with Crippen LogP contribution in [0.4, 0.5) is 5.69 Å². The van der Waals surface area contributed by atoms with Crippen molar-refractivity contribution in [2.75, 3.05) is 37.3 Å². The summed E-state index contributed by atoms with van der Waals surface area (Å²) in [7, 11) is -2.24. The van der Waals surface area contributed by atoms with Crippen LogP contribution in [0.2, 0.25) is 5.02 Å². The predicted octanol–water partition coefficient (Wildman–Crippen LogP) is 3.07. The van der Waals surface area contributed by atoms with E-state index in [1.807, 2.05) is 13.8 Å². The van der Waals surface area contributed by atoms with Crippen molar-refractivity contribution in [2.45, 2.75) is 33.6 Å². The Bertz CT molecular complexity index is 701. The Balaban J connectivity index is 3.28. The maximum atomic E-state index is 12.7. The van der Waals surface area contributed by atoms with Gasteiger partial charge in [-0.15, -0.1) is 0 Å². The van der Waals surface area contributed by atoms with Crippen LogP contribution in [0.15, 0.2) is 12.1 Å². The minimum Gasteiger partial charge on any atom is -0.494 e. The van der Waals surface area contributed by atoms with E-state index in [9.17, 15) is 13.2 Å². The molecule has 0 fully saturated rings. The van der Waals surface area contributed by atoms with E-state index in [2.05, 4.69) is 0 Å². The highest BCUT2D eigenvalue weighted by molar-refractivity contribution is 7.92. The zero-order chi connectivity index (χ0) is 19.2. The lowest BCUT2D eigenvalue weighted by atomic mass is 10.2. The third kappa shape index (κ3) is 5.78. The monoisotopic (exact) mass is 390 g/mol. The topological polar surface area (TPSA) is 66.9 Å². The van der Waals surface area contributed by atoms with Crippen molar-refractivity contribution < 1.29 is 17.9 Å². The molecule has 0 aliphatic rings. The SMILES string of the molecule is CCCN(CCC)C(=O)CN(c1cc(C)c(Cl)cc1OC)S(C)(=O)=O. The number of nitrogens with zero attached hydrogens (tertiary/aromatic N) is 2. The van der Waals surface area contributed by atoms with Crippen LogP contribution >= 0.6 is 11.6 Å². The van der Waals surface area contributed by atoms with E-state index < -0.39 is 10.0 Å². The van der Waals surface area contributed by atoms with Gasteiger partial charge in [-0.05, 0) is 31.4 Å². The molecule has 0 heterocycles. The van der Waals surface area contributed by atoms with E-state index in [4.69, 9.17) is 16.3 Å². The molecule has 1 aromatic carbocycles. The Kier molecular flexibility index (Phi) is 8.02. The molecule has 142 valence electrons. The zero-order valence-corrected chi connectivity index (χ0v) is 17.1. The minimum atomic E-state index is -3.68. The molecule has 0 spiro atoms. The number of rotatable bonds is 9. The van der Waals surface area contributed by atoms with E-state index in [1.54, 1.807) is 24.0 Å². The van der Waals surface area contributed by atoms with Gasteiger partial charge in [0.1, 0.15) is 12.3 Å². The van der Waals surface area contributed by atoms with Gasteiger partial charge in [-0.2, -0.15) is 0 Å². The Hall–Kier alpha value is -1.47. The van der Waals surface area contributed by atoms with Gasteiger partial charge in [0.05, 0.1) is 19.1 Å². The summed E-state index contributed by atoms with van der Waals surface area (Å²) < 4.78 is 31.0. The molecule has 0 saturated heterocycles. The molecule has 0 unspecified atom stereocenters. The van der Waals surface area contributed by atoms with Gasteiger partial charge in [0.15, 0.2) is 0 Å². The lowest BCUT2D eigenvalue weighted by Crippen LogP contribution is -2.43. The Labute approximate surface area is 155 Å². The maximum Gasteiger partial charge on any atom is 0.243 e. The molecule has 8 heteroatoms. The third-order valence-electron chi connectivity index (χ3n) is 3.75. The van der Waals surface area contributed by atoms with Crippen LogP contribution in [0.5, 0.6) is 5.75 Å². The molecule has 1 aromatic rings. The van der Waals surface area contributed by atoms with E-state index in [0.29, 0.717) is 35.1 Å². The number of halogens is 1. The molecular weight excluding hydrogens is 364 g/mol. The summed E-state index contributed by atoms with van der Waals surface area (Å²) in [5.74, 6) is 0.0788. The summed E-state index contributed by atoms with van der Waals surface area (Å²) in [5.41, 5.74) is 1.02. The van der Waals surface area contributed by atoms with Crippen LogP contribution in [0, 0.1) is 6.92 Å². The first-order chi connectivity index (χ1) is 11.6. The average molecular weight is 391 g/mol. The number of aryl methyl sites for hydroxylation is 1. The number of benzene rings is 1. The summed E-state index contributed by atoms with van der Waals surface area (Å²) in [4.78, 5) is 14.3. The molecule has 1 amide bonds. The lowest BCUT2D eigenvalue weighted by molar-refractivity contribution is -0.129. The van der Waals surface area contributed by atoms with E-state index in [1.165, 1.54) is 7.11 Å². The number of carbonyl (C=O) groups is 1. The molecule has 0 saturated carbocycles. The first kappa shape index (κ1) is 21.6. The number of amides is 1. The number of sulfonamides is 1. The summed E-state index contributed by atoms with van der Waals surface area (Å²) in [6.07, 6.45) is 2.70. The summed E-state index contributed by atoms with van der Waals surface area (Å²) >= 11 is 6.10. The molecule has 0 atom stereocenters. The highest BCUT2D eigenvalue weighted by Gasteiger charge is 2.26. The average Bonchev–Trinajstić information content (AvgIpc) is 2.53. The van der Waals surface area contributed by atoms with Crippen LogP contribution in [0.25, 0.3) is 0 Å². The fraction of sp³-hybridized carbons (Fsp3) is 0.588. The normalized spacial score (nSPS) is 11.3. The third-order valence-corrected chi connectivity index (χ3v) is 5.28. The first-order valence-electron chi connectivity index (χ1n) is 8.25. The van der Waals surface area contributed by atoms with Gasteiger partial charge < -0.3 is 9.64 Å². The molecule has 0 bridgehead atoms. The number of hydrogen-bond acceptors (Lipinski definition) is 4. The minimum absolute atomic E-state index is 0.233. The Morgan fingerprint density at radius 2 is 1.76 bits per heavy atom. The standard InChI is InChI=1S/C17H27ClN2O4S/c1-6-8-19(9-7-2)17(21)12-20(25(5,22)23)15-10-13(3)14(18)11-16(15)24-4/h10-11H,6-9,12H2,1-5H3. The Morgan fingerprint density at radius 1 is 1.20 bits per heavy atom. The smallest absolute Gasteiger partial charge is 0.243 e. The Morgan fingerprint density at radius 3 is 2.20 bits per heavy atom. The highest BCUT2D eigenvalue weighted by Crippen LogP contribution is 2.35. The second kappa shape index (κ2) is 9.29. The van der Waals surface area contributed by atoms with E-state index >= 15 is 0 Å². The summed E-state index contributed by atoms with van der Waals surface area (Å²) in [6, 6.07) is 3.18. The van der Waals surface area contributed by atoms with Crippen LogP contribution in [0.3, 0.4) is 0 Å². The molecule has 0 aromatic heterocycles. The number of methoxy groups -OCH3 is 1. The molecule has 0 aliphatic carbocycles. The molecule has 0 N–H and O–H groups in total. The fourth-order valence-corrected chi connectivity index (χ4v) is 3.51. The van der Waals surface area contributed by atoms with E-state index in [0.717, 1.165) is 23.4 Å². The fourth-order valence-electron chi connectivity index (χ4n) is 2.51. The highest BCUT2D eigenvalue weighted by atomic mass is 35.5. The van der Waals surface area contributed by atoms with Gasteiger partial charge in [-0.1, -0.05) is 25.4 Å². The molecule has 0 aliphatic heterocycles. The first-order valence-corrected chi connectivity index (χ1v) is 10.5. The second-order valence-corrected chi connectivity index (χ2v) is 8.24. The van der Waals surface area contributed by atoms with Gasteiger partial charge in [0.25, 0.3) is 0 Å². The largest absolute Gasteiger partial charge is 0.494 e. The zero-order valence-electron chi connectivity index (χ0n) is 15.5. The van der Waals surface area contributed by atoms with Gasteiger partial charge in [0.2, 0.25) is 15.9 Å². The van der Waals surface area contributed by atoms with Crippen LogP contribution in [0.1, 0.15) is 32.3 Å². The van der Waals surface area contributed by atoms with Crippen molar-refractivity contribution in [1.29, 1.82) is 0 Å². The van der Waals surface area contributed by atoms with Crippen molar-refractivity contribution in [3.05, 3.63) is 22.7 Å². The van der Waals surface area contributed by atoms with Crippen molar-refractivity contribution in [3.63, 3.8) is 0 Å². The molecule has 1 rings (SSSR count). The molecule has 25 heavy (non-hydrogen) atoms. The molecule has 6 nitrogen and oxygen atoms in total. The number of carbonyl (C=O) groups excluding carboxylic acids is 1. The van der Waals surface area contributed by atoms with Crippen LogP contribution < -0.4 is 9.04 Å². The quantitative estimate of drug-likeness (QED) is 0.649. The number of hydrogen-bond donors (Lipinski definition) is 0. The van der Waals surface area contributed by atoms with Gasteiger partial charge in [-0.3, -0.25) is 9.10 Å². The van der Waals surface area contributed by atoms with Crippen molar-refractivity contribution in [2.24, 2.45) is 0 Å². The number of anilines is 1. The summed E-state index contributed by atoms with van der Waals surface area (Å²) in [5, 5.41) is 0.471. The maximum absolute atomic E-state index is 12.7. The molecular formula is C17H27ClN2O4S. The summed E-state index contributed by atoms with van der Waals surface area (Å²) in [6.45, 7) is 6.66. The van der Waals surface area contributed by atoms with Crippen molar-refractivity contribution >= 4 is 33.2 Å². The van der Waals surface area contributed by atoms with Gasteiger partial charge in [-0.25, -0.2) is 8.42 Å². The van der Waals surface area contributed by atoms with Gasteiger partial charge in [0, 0.05) is 24.2 Å². The van der Waals surface area contributed by atoms with Gasteiger partial charge >= 0.3 is 0 Å².